The molecule has 1 atom stereocenters. The zero-order valence-electron chi connectivity index (χ0n) is 11.5. The Bertz CT molecular complexity index is 395. The van der Waals surface area contributed by atoms with Gasteiger partial charge in [-0.2, -0.15) is 0 Å². The standard InChI is InChI=1S/C14H21N3O.HI/c1-4-9-15-14(17-12(3)5-2)16-10-8-13-7-6-11-18-13;/h1,6-7,11-12H,5,8-10H2,2-3H3,(H2,15,16,17);1H. The number of hydrogen-bond donors (Lipinski definition) is 2. The molecule has 0 aliphatic rings. The maximum absolute atomic E-state index is 5.26. The third-order valence-corrected chi connectivity index (χ3v) is 2.56. The molecule has 1 aromatic rings. The van der Waals surface area contributed by atoms with Crippen LogP contribution < -0.4 is 10.6 Å². The first kappa shape index (κ1) is 17.8. The highest BCUT2D eigenvalue weighted by Gasteiger charge is 2.02. The molecule has 0 bridgehead atoms. The minimum absolute atomic E-state index is 0. The molecule has 1 aromatic heterocycles. The molecule has 106 valence electrons. The fourth-order valence-corrected chi connectivity index (χ4v) is 1.36. The van der Waals surface area contributed by atoms with Gasteiger partial charge in [-0.3, -0.25) is 4.99 Å². The molecule has 0 amide bonds. The maximum Gasteiger partial charge on any atom is 0.192 e. The van der Waals surface area contributed by atoms with E-state index < -0.39 is 0 Å². The van der Waals surface area contributed by atoms with Crippen LogP contribution in [0.25, 0.3) is 0 Å². The van der Waals surface area contributed by atoms with Crippen molar-refractivity contribution < 1.29 is 4.42 Å². The van der Waals surface area contributed by atoms with Crippen molar-refractivity contribution in [2.24, 2.45) is 4.99 Å². The van der Waals surface area contributed by atoms with E-state index >= 15 is 0 Å². The number of halogens is 1. The van der Waals surface area contributed by atoms with Crippen LogP contribution in [0.5, 0.6) is 0 Å². The van der Waals surface area contributed by atoms with E-state index in [1.165, 1.54) is 0 Å². The fraction of sp³-hybridized carbons (Fsp3) is 0.500. The Kier molecular flexibility index (Phi) is 10.1. The van der Waals surface area contributed by atoms with Gasteiger partial charge in [0.2, 0.25) is 0 Å². The third-order valence-electron chi connectivity index (χ3n) is 2.56. The molecular weight excluding hydrogens is 353 g/mol. The van der Waals surface area contributed by atoms with Gasteiger partial charge in [0.15, 0.2) is 5.96 Å². The minimum atomic E-state index is 0. The van der Waals surface area contributed by atoms with Crippen LogP contribution in [-0.4, -0.2) is 25.1 Å². The first-order valence-corrected chi connectivity index (χ1v) is 6.27. The van der Waals surface area contributed by atoms with Crippen LogP contribution >= 0.6 is 24.0 Å². The van der Waals surface area contributed by atoms with Gasteiger partial charge < -0.3 is 15.1 Å². The quantitative estimate of drug-likeness (QED) is 0.348. The predicted octanol–water partition coefficient (Wildman–Crippen LogP) is 2.41. The topological polar surface area (TPSA) is 49.6 Å². The average Bonchev–Trinajstić information content (AvgIpc) is 2.88. The Morgan fingerprint density at radius 1 is 1.58 bits per heavy atom. The van der Waals surface area contributed by atoms with Crippen LogP contribution in [0.15, 0.2) is 27.8 Å². The lowest BCUT2D eigenvalue weighted by atomic mass is 10.3. The van der Waals surface area contributed by atoms with Crippen molar-refractivity contribution in [3.8, 4) is 12.3 Å². The molecule has 19 heavy (non-hydrogen) atoms. The molecule has 0 aliphatic carbocycles. The first-order chi connectivity index (χ1) is 8.76. The van der Waals surface area contributed by atoms with E-state index in [-0.39, 0.29) is 24.0 Å². The van der Waals surface area contributed by atoms with Crippen molar-refractivity contribution in [3.05, 3.63) is 24.2 Å². The van der Waals surface area contributed by atoms with Crippen LogP contribution in [0.2, 0.25) is 0 Å². The van der Waals surface area contributed by atoms with Crippen LogP contribution in [0.1, 0.15) is 26.0 Å². The summed E-state index contributed by atoms with van der Waals surface area (Å²) in [6.07, 6.45) is 8.73. The van der Waals surface area contributed by atoms with Crippen LogP contribution in [0, 0.1) is 12.3 Å². The largest absolute Gasteiger partial charge is 0.469 e. The molecule has 0 aromatic carbocycles. The Morgan fingerprint density at radius 3 is 2.95 bits per heavy atom. The number of aliphatic imine (C=N–C) groups is 1. The highest BCUT2D eigenvalue weighted by Crippen LogP contribution is 2.00. The normalized spacial score (nSPS) is 12.2. The number of hydrogen-bond acceptors (Lipinski definition) is 2. The van der Waals surface area contributed by atoms with Gasteiger partial charge in [0.1, 0.15) is 5.76 Å². The molecule has 0 spiro atoms. The second-order valence-corrected chi connectivity index (χ2v) is 4.07. The predicted molar refractivity (Wildman–Crippen MR) is 89.9 cm³/mol. The molecular formula is C14H22IN3O. The van der Waals surface area contributed by atoms with E-state index in [1.807, 2.05) is 12.1 Å². The third kappa shape index (κ3) is 7.78. The molecule has 4 nitrogen and oxygen atoms in total. The minimum Gasteiger partial charge on any atom is -0.469 e. The summed E-state index contributed by atoms with van der Waals surface area (Å²) in [6, 6.07) is 4.21. The summed E-state index contributed by atoms with van der Waals surface area (Å²) in [5.74, 6) is 4.24. The summed E-state index contributed by atoms with van der Waals surface area (Å²) in [7, 11) is 0. The first-order valence-electron chi connectivity index (χ1n) is 6.27. The molecule has 1 heterocycles. The van der Waals surface area contributed by atoms with Crippen LogP contribution in [0.3, 0.4) is 0 Å². The molecule has 0 aliphatic heterocycles. The van der Waals surface area contributed by atoms with E-state index in [9.17, 15) is 0 Å². The average molecular weight is 375 g/mol. The van der Waals surface area contributed by atoms with Gasteiger partial charge in [0.25, 0.3) is 0 Å². The number of guanidine groups is 1. The lowest BCUT2D eigenvalue weighted by Crippen LogP contribution is -2.42. The monoisotopic (exact) mass is 375 g/mol. The number of nitrogens with zero attached hydrogens (tertiary/aromatic N) is 1. The summed E-state index contributed by atoms with van der Waals surface area (Å²) in [5, 5.41) is 6.38. The van der Waals surface area contributed by atoms with Gasteiger partial charge in [-0.1, -0.05) is 12.8 Å². The summed E-state index contributed by atoms with van der Waals surface area (Å²) in [6.45, 7) is 5.38. The SMILES string of the molecule is C#CCNC(=NCCc1ccco1)NC(C)CC.I. The van der Waals surface area contributed by atoms with Crippen LogP contribution in [-0.2, 0) is 6.42 Å². The second kappa shape index (κ2) is 10.7. The van der Waals surface area contributed by atoms with Gasteiger partial charge in [-0.05, 0) is 25.5 Å². The van der Waals surface area contributed by atoms with Gasteiger partial charge in [0.05, 0.1) is 12.8 Å². The van der Waals surface area contributed by atoms with E-state index in [0.29, 0.717) is 19.1 Å². The highest BCUT2D eigenvalue weighted by atomic mass is 127. The Labute approximate surface area is 132 Å². The van der Waals surface area contributed by atoms with Gasteiger partial charge in [0, 0.05) is 19.0 Å². The Morgan fingerprint density at radius 2 is 2.37 bits per heavy atom. The van der Waals surface area contributed by atoms with E-state index in [0.717, 1.165) is 24.6 Å². The van der Waals surface area contributed by atoms with Crippen molar-refractivity contribution in [3.63, 3.8) is 0 Å². The molecule has 1 unspecified atom stereocenters. The molecule has 1 rings (SSSR count). The van der Waals surface area contributed by atoms with E-state index in [1.54, 1.807) is 6.26 Å². The number of furan rings is 1. The second-order valence-electron chi connectivity index (χ2n) is 4.07. The maximum atomic E-state index is 5.26. The van der Waals surface area contributed by atoms with Crippen molar-refractivity contribution in [2.45, 2.75) is 32.7 Å². The van der Waals surface area contributed by atoms with Crippen molar-refractivity contribution in [1.82, 2.24) is 10.6 Å². The summed E-state index contributed by atoms with van der Waals surface area (Å²) < 4.78 is 5.26. The molecule has 0 saturated heterocycles. The number of rotatable bonds is 6. The Balaban J connectivity index is 0.00000324. The van der Waals surface area contributed by atoms with Gasteiger partial charge in [-0.15, -0.1) is 30.4 Å². The summed E-state index contributed by atoms with van der Waals surface area (Å²) in [4.78, 5) is 4.46. The van der Waals surface area contributed by atoms with Gasteiger partial charge >= 0.3 is 0 Å². The molecule has 5 heteroatoms. The Hall–Kier alpha value is -1.16. The molecule has 2 N–H and O–H groups in total. The molecule has 0 saturated carbocycles. The van der Waals surface area contributed by atoms with E-state index in [2.05, 4.69) is 35.4 Å². The summed E-state index contributed by atoms with van der Waals surface area (Å²) in [5.41, 5.74) is 0. The fourth-order valence-electron chi connectivity index (χ4n) is 1.36. The number of terminal acetylenes is 1. The number of nitrogens with one attached hydrogen (secondary N) is 2. The van der Waals surface area contributed by atoms with Crippen molar-refractivity contribution in [1.29, 1.82) is 0 Å². The lowest BCUT2D eigenvalue weighted by Gasteiger charge is -2.15. The smallest absolute Gasteiger partial charge is 0.192 e. The van der Waals surface area contributed by atoms with Crippen LogP contribution in [0.4, 0.5) is 0 Å². The lowest BCUT2D eigenvalue weighted by molar-refractivity contribution is 0.510. The zero-order chi connectivity index (χ0) is 13.2. The molecule has 0 radical (unpaired) electrons. The highest BCUT2D eigenvalue weighted by molar-refractivity contribution is 14.0. The summed E-state index contributed by atoms with van der Waals surface area (Å²) >= 11 is 0. The molecule has 0 fully saturated rings. The van der Waals surface area contributed by atoms with Crippen molar-refractivity contribution >= 4 is 29.9 Å². The van der Waals surface area contributed by atoms with E-state index in [4.69, 9.17) is 10.8 Å². The zero-order valence-corrected chi connectivity index (χ0v) is 13.8. The van der Waals surface area contributed by atoms with Gasteiger partial charge in [-0.25, -0.2) is 0 Å². The van der Waals surface area contributed by atoms with Crippen molar-refractivity contribution in [2.75, 3.05) is 13.1 Å².